The van der Waals surface area contributed by atoms with Crippen molar-refractivity contribution in [2.24, 2.45) is 16.7 Å². The van der Waals surface area contributed by atoms with Crippen LogP contribution in [0.5, 0.6) is 0 Å². The quantitative estimate of drug-likeness (QED) is 0.477. The van der Waals surface area contributed by atoms with Gasteiger partial charge in [0, 0.05) is 5.41 Å². The highest BCUT2D eigenvalue weighted by Crippen LogP contribution is 2.66. The Kier molecular flexibility index (Phi) is 5.43. The lowest BCUT2D eigenvalue weighted by Crippen LogP contribution is -2.38. The predicted octanol–water partition coefficient (Wildman–Crippen LogP) is 5.12. The van der Waals surface area contributed by atoms with Gasteiger partial charge in [-0.2, -0.15) is 8.78 Å². The Hall–Kier alpha value is -2.12. The molecule has 2 aliphatic carbocycles. The maximum absolute atomic E-state index is 13.0. The molecule has 0 amide bonds. The first-order valence-electron chi connectivity index (χ1n) is 9.53. The average Bonchev–Trinajstić information content (AvgIpc) is 2.99. The second-order valence-electron chi connectivity index (χ2n) is 8.69. The number of ether oxygens (including phenoxy) is 2. The molecule has 2 saturated carbocycles. The molecular weight excluding hydrogens is 392 g/mol. The van der Waals surface area contributed by atoms with Gasteiger partial charge in [-0.25, -0.2) is 18.4 Å². The molecule has 0 aliphatic heterocycles. The molecule has 1 aromatic rings. The van der Waals surface area contributed by atoms with E-state index < -0.39 is 30.9 Å². The molecule has 160 valence electrons. The van der Waals surface area contributed by atoms with Gasteiger partial charge in [-0.1, -0.05) is 32.9 Å². The molecule has 29 heavy (non-hydrogen) atoms. The molecule has 0 saturated heterocycles. The van der Waals surface area contributed by atoms with Gasteiger partial charge in [0.15, 0.2) is 6.61 Å². The van der Waals surface area contributed by atoms with Crippen LogP contribution in [0, 0.1) is 16.7 Å². The van der Waals surface area contributed by atoms with Crippen LogP contribution >= 0.6 is 0 Å². The largest absolute Gasteiger partial charge is 0.458 e. The normalized spacial score (nSPS) is 27.9. The van der Waals surface area contributed by atoms with Crippen LogP contribution < -0.4 is 0 Å². The van der Waals surface area contributed by atoms with E-state index in [-0.39, 0.29) is 28.1 Å². The Balaban J connectivity index is 1.74. The van der Waals surface area contributed by atoms with Crippen molar-refractivity contribution in [3.63, 3.8) is 0 Å². The lowest BCUT2D eigenvalue weighted by Gasteiger charge is -2.38. The minimum Gasteiger partial charge on any atom is -0.458 e. The fourth-order valence-electron chi connectivity index (χ4n) is 4.64. The number of benzene rings is 1. The van der Waals surface area contributed by atoms with Crippen molar-refractivity contribution < 1.29 is 36.6 Å². The van der Waals surface area contributed by atoms with E-state index in [9.17, 15) is 27.2 Å². The third-order valence-electron chi connectivity index (χ3n) is 7.05. The second kappa shape index (κ2) is 7.29. The van der Waals surface area contributed by atoms with E-state index >= 15 is 0 Å². The highest BCUT2D eigenvalue weighted by molar-refractivity contribution is 6.03. The SMILES string of the molecule is CC1(C)[C@@H]2CC[C@]1(C)[C@H](OC(=O)c1ccccc1C(=O)OCC(F)(F)C(F)F)C2. The standard InChI is InChI=1S/C21H24F4O4/c1-19(2)12-8-9-20(19,3)15(10-12)29-17(27)14-7-5-4-6-13(14)16(26)28-11-21(24,25)18(22)23/h4-7,12,15,18H,8-11H2,1-3H3/t12-,15-,20-/m1/s1. The molecule has 0 unspecified atom stereocenters. The molecule has 0 aromatic heterocycles. The number of carbonyl (C=O) groups excluding carboxylic acids is 2. The van der Waals surface area contributed by atoms with Gasteiger partial charge in [0.1, 0.15) is 6.10 Å². The van der Waals surface area contributed by atoms with Crippen LogP contribution in [0.2, 0.25) is 0 Å². The van der Waals surface area contributed by atoms with Crippen LogP contribution in [0.3, 0.4) is 0 Å². The molecule has 0 N–H and O–H groups in total. The van der Waals surface area contributed by atoms with Crippen LogP contribution in [0.25, 0.3) is 0 Å². The Morgan fingerprint density at radius 1 is 1.14 bits per heavy atom. The van der Waals surface area contributed by atoms with Crippen molar-refractivity contribution in [3.8, 4) is 0 Å². The zero-order chi connectivity index (χ0) is 21.6. The van der Waals surface area contributed by atoms with E-state index in [2.05, 4.69) is 25.5 Å². The van der Waals surface area contributed by atoms with E-state index in [1.165, 1.54) is 24.3 Å². The van der Waals surface area contributed by atoms with Crippen LogP contribution in [0.1, 0.15) is 60.7 Å². The molecule has 0 spiro atoms. The third-order valence-corrected chi connectivity index (χ3v) is 7.05. The van der Waals surface area contributed by atoms with Crippen molar-refractivity contribution in [1.82, 2.24) is 0 Å². The number of rotatable bonds is 6. The van der Waals surface area contributed by atoms with Crippen molar-refractivity contribution >= 4 is 11.9 Å². The summed E-state index contributed by atoms with van der Waals surface area (Å²) in [6.45, 7) is 4.63. The van der Waals surface area contributed by atoms with E-state index in [0.717, 1.165) is 19.3 Å². The molecule has 3 atom stereocenters. The van der Waals surface area contributed by atoms with Gasteiger partial charge in [0.2, 0.25) is 0 Å². The van der Waals surface area contributed by atoms with Gasteiger partial charge < -0.3 is 9.47 Å². The highest BCUT2D eigenvalue weighted by atomic mass is 19.3. The van der Waals surface area contributed by atoms with Crippen molar-refractivity contribution in [2.45, 2.75) is 58.5 Å². The van der Waals surface area contributed by atoms with E-state index in [1.807, 2.05) is 0 Å². The lowest BCUT2D eigenvalue weighted by molar-refractivity contribution is -0.155. The van der Waals surface area contributed by atoms with Gasteiger partial charge in [0.25, 0.3) is 0 Å². The topological polar surface area (TPSA) is 52.6 Å². The van der Waals surface area contributed by atoms with Crippen LogP contribution in [-0.4, -0.2) is 37.0 Å². The summed E-state index contributed by atoms with van der Waals surface area (Å²) in [4.78, 5) is 24.9. The first-order valence-corrected chi connectivity index (χ1v) is 9.53. The highest BCUT2D eigenvalue weighted by Gasteiger charge is 2.63. The van der Waals surface area contributed by atoms with Gasteiger partial charge in [-0.3, -0.25) is 0 Å². The Bertz CT molecular complexity index is 808. The second-order valence-corrected chi connectivity index (χ2v) is 8.69. The van der Waals surface area contributed by atoms with Crippen molar-refractivity contribution in [2.75, 3.05) is 6.61 Å². The first-order chi connectivity index (χ1) is 13.4. The Morgan fingerprint density at radius 3 is 2.21 bits per heavy atom. The van der Waals surface area contributed by atoms with E-state index in [4.69, 9.17) is 4.74 Å². The number of esters is 2. The van der Waals surface area contributed by atoms with Gasteiger partial charge >= 0.3 is 24.3 Å². The minimum absolute atomic E-state index is 0.0112. The number of hydrogen-bond donors (Lipinski definition) is 0. The number of alkyl halides is 4. The maximum atomic E-state index is 13.0. The molecule has 0 radical (unpaired) electrons. The van der Waals surface area contributed by atoms with Crippen LogP contribution in [0.4, 0.5) is 17.6 Å². The zero-order valence-corrected chi connectivity index (χ0v) is 16.5. The van der Waals surface area contributed by atoms with Crippen LogP contribution in [0.15, 0.2) is 24.3 Å². The van der Waals surface area contributed by atoms with Crippen LogP contribution in [-0.2, 0) is 9.47 Å². The van der Waals surface area contributed by atoms with Gasteiger partial charge in [-0.05, 0) is 42.7 Å². The van der Waals surface area contributed by atoms with Crippen molar-refractivity contribution in [1.29, 1.82) is 0 Å². The van der Waals surface area contributed by atoms with Gasteiger partial charge in [0.05, 0.1) is 11.1 Å². The summed E-state index contributed by atoms with van der Waals surface area (Å²) >= 11 is 0. The number of carbonyl (C=O) groups is 2. The summed E-state index contributed by atoms with van der Waals surface area (Å²) in [7, 11) is 0. The Morgan fingerprint density at radius 2 is 1.72 bits per heavy atom. The molecule has 1 aromatic carbocycles. The minimum atomic E-state index is -4.46. The molecule has 8 heteroatoms. The molecule has 2 aliphatic rings. The predicted molar refractivity (Wildman–Crippen MR) is 96.1 cm³/mol. The number of hydrogen-bond acceptors (Lipinski definition) is 4. The molecule has 0 heterocycles. The monoisotopic (exact) mass is 416 g/mol. The molecule has 4 nitrogen and oxygen atoms in total. The Labute approximate surface area is 166 Å². The molecule has 2 fully saturated rings. The van der Waals surface area contributed by atoms with Gasteiger partial charge in [-0.15, -0.1) is 0 Å². The summed E-state index contributed by atoms with van der Waals surface area (Å²) in [5, 5.41) is 0. The fraction of sp³-hybridized carbons (Fsp3) is 0.619. The maximum Gasteiger partial charge on any atom is 0.340 e. The summed E-state index contributed by atoms with van der Waals surface area (Å²) < 4.78 is 60.7. The zero-order valence-electron chi connectivity index (χ0n) is 16.5. The summed E-state index contributed by atoms with van der Waals surface area (Å²) in [5.41, 5.74) is -0.614. The molecular formula is C21H24F4O4. The summed E-state index contributed by atoms with van der Waals surface area (Å²) in [6, 6.07) is 5.45. The van der Waals surface area contributed by atoms with E-state index in [1.54, 1.807) is 0 Å². The fourth-order valence-corrected chi connectivity index (χ4v) is 4.64. The summed E-state index contributed by atoms with van der Waals surface area (Å²) in [5.74, 6) is -6.07. The average molecular weight is 416 g/mol. The third kappa shape index (κ3) is 3.62. The first kappa shape index (κ1) is 21.6. The van der Waals surface area contributed by atoms with E-state index in [0.29, 0.717) is 5.92 Å². The number of halogens is 4. The molecule has 3 rings (SSSR count). The lowest BCUT2D eigenvalue weighted by atomic mass is 9.70. The number of fused-ring (bicyclic) bond motifs is 2. The molecule has 2 bridgehead atoms. The smallest absolute Gasteiger partial charge is 0.340 e. The summed E-state index contributed by atoms with van der Waals surface area (Å²) in [6.07, 6.45) is -1.57. The van der Waals surface area contributed by atoms with Crippen molar-refractivity contribution in [3.05, 3.63) is 35.4 Å².